The third kappa shape index (κ3) is 3.51. The van der Waals surface area contributed by atoms with E-state index in [1.807, 2.05) is 4.68 Å². The Balaban J connectivity index is 1.79. The fourth-order valence-corrected chi connectivity index (χ4v) is 2.20. The first kappa shape index (κ1) is 12.5. The highest BCUT2D eigenvalue weighted by Crippen LogP contribution is 2.21. The number of ether oxygens (including phenoxy) is 1. The molecule has 0 atom stereocenters. The summed E-state index contributed by atoms with van der Waals surface area (Å²) < 4.78 is 7.73. The molecule has 5 nitrogen and oxygen atoms in total. The zero-order valence-corrected chi connectivity index (χ0v) is 10.4. The van der Waals surface area contributed by atoms with Gasteiger partial charge in [0.25, 0.3) is 0 Å². The molecular weight excluding hydrogens is 218 g/mol. The normalized spacial score (nSPS) is 25.1. The SMILES string of the molecule is CCCn1ncnc1COC1CCC(O)CC1. The van der Waals surface area contributed by atoms with Gasteiger partial charge in [0.1, 0.15) is 12.9 Å². The van der Waals surface area contributed by atoms with E-state index < -0.39 is 0 Å². The van der Waals surface area contributed by atoms with E-state index in [1.165, 1.54) is 0 Å². The summed E-state index contributed by atoms with van der Waals surface area (Å²) in [5, 5.41) is 13.6. The van der Waals surface area contributed by atoms with Crippen molar-refractivity contribution < 1.29 is 9.84 Å². The van der Waals surface area contributed by atoms with Crippen LogP contribution in [0.15, 0.2) is 6.33 Å². The van der Waals surface area contributed by atoms with Gasteiger partial charge < -0.3 is 9.84 Å². The van der Waals surface area contributed by atoms with E-state index in [4.69, 9.17) is 4.74 Å². The summed E-state index contributed by atoms with van der Waals surface area (Å²) in [5.41, 5.74) is 0. The van der Waals surface area contributed by atoms with Gasteiger partial charge in [0.05, 0.1) is 12.2 Å². The monoisotopic (exact) mass is 239 g/mol. The summed E-state index contributed by atoms with van der Waals surface area (Å²) in [6.07, 6.45) is 6.37. The Kier molecular flexibility index (Phi) is 4.50. The van der Waals surface area contributed by atoms with Gasteiger partial charge in [-0.05, 0) is 32.1 Å². The molecule has 0 spiro atoms. The van der Waals surface area contributed by atoms with Crippen molar-refractivity contribution in [1.29, 1.82) is 0 Å². The van der Waals surface area contributed by atoms with Crippen LogP contribution < -0.4 is 0 Å². The highest BCUT2D eigenvalue weighted by atomic mass is 16.5. The molecule has 5 heteroatoms. The zero-order valence-electron chi connectivity index (χ0n) is 10.4. The number of nitrogens with zero attached hydrogens (tertiary/aromatic N) is 3. The van der Waals surface area contributed by atoms with Crippen molar-refractivity contribution in [2.24, 2.45) is 0 Å². The van der Waals surface area contributed by atoms with Gasteiger partial charge in [0.15, 0.2) is 5.82 Å². The summed E-state index contributed by atoms with van der Waals surface area (Å²) in [4.78, 5) is 4.21. The van der Waals surface area contributed by atoms with Gasteiger partial charge in [-0.3, -0.25) is 0 Å². The lowest BCUT2D eigenvalue weighted by Crippen LogP contribution is -2.24. The molecule has 0 radical (unpaired) electrons. The first-order valence-corrected chi connectivity index (χ1v) is 6.46. The number of aromatic nitrogens is 3. The van der Waals surface area contributed by atoms with Crippen LogP contribution in [0.3, 0.4) is 0 Å². The number of rotatable bonds is 5. The molecule has 0 amide bonds. The average molecular weight is 239 g/mol. The van der Waals surface area contributed by atoms with Crippen LogP contribution in [0.5, 0.6) is 0 Å². The maximum Gasteiger partial charge on any atom is 0.152 e. The molecule has 1 saturated carbocycles. The lowest BCUT2D eigenvalue weighted by molar-refractivity contribution is -0.0154. The van der Waals surface area contributed by atoms with Crippen LogP contribution in [0.2, 0.25) is 0 Å². The van der Waals surface area contributed by atoms with Crippen molar-refractivity contribution in [3.63, 3.8) is 0 Å². The Labute approximate surface area is 102 Å². The average Bonchev–Trinajstić information content (AvgIpc) is 2.77. The minimum absolute atomic E-state index is 0.126. The molecule has 2 rings (SSSR count). The zero-order chi connectivity index (χ0) is 12.1. The standard InChI is InChI=1S/C12H21N3O2/c1-2-7-15-12(13-9-14-15)8-17-11-5-3-10(16)4-6-11/h9-11,16H,2-8H2,1H3. The molecule has 17 heavy (non-hydrogen) atoms. The number of hydrogen-bond acceptors (Lipinski definition) is 4. The predicted molar refractivity (Wildman–Crippen MR) is 63.4 cm³/mol. The molecule has 1 aliphatic carbocycles. The van der Waals surface area contributed by atoms with E-state index in [2.05, 4.69) is 17.0 Å². The number of aliphatic hydroxyl groups excluding tert-OH is 1. The summed E-state index contributed by atoms with van der Waals surface area (Å²) in [7, 11) is 0. The Bertz CT molecular complexity index is 332. The molecular formula is C12H21N3O2. The molecule has 1 N–H and O–H groups in total. The van der Waals surface area contributed by atoms with Crippen molar-refractivity contribution in [3.05, 3.63) is 12.2 Å². The summed E-state index contributed by atoms with van der Waals surface area (Å²) in [5.74, 6) is 0.901. The molecule has 96 valence electrons. The molecule has 0 aromatic carbocycles. The van der Waals surface area contributed by atoms with Gasteiger partial charge in [-0.15, -0.1) is 0 Å². The molecule has 0 unspecified atom stereocenters. The Morgan fingerprint density at radius 1 is 1.41 bits per heavy atom. The second-order valence-corrected chi connectivity index (χ2v) is 4.64. The molecule has 0 saturated heterocycles. The van der Waals surface area contributed by atoms with Crippen molar-refractivity contribution in [1.82, 2.24) is 14.8 Å². The third-order valence-corrected chi connectivity index (χ3v) is 3.22. The maximum absolute atomic E-state index is 9.41. The van der Waals surface area contributed by atoms with Crippen LogP contribution in [-0.4, -0.2) is 32.1 Å². The lowest BCUT2D eigenvalue weighted by Gasteiger charge is -2.25. The third-order valence-electron chi connectivity index (χ3n) is 3.22. The fourth-order valence-electron chi connectivity index (χ4n) is 2.20. The Hall–Kier alpha value is -0.940. The lowest BCUT2D eigenvalue weighted by atomic mass is 9.95. The van der Waals surface area contributed by atoms with Gasteiger partial charge in [-0.1, -0.05) is 6.92 Å². The highest BCUT2D eigenvalue weighted by Gasteiger charge is 2.20. The van der Waals surface area contributed by atoms with Crippen LogP contribution in [0.25, 0.3) is 0 Å². The first-order valence-electron chi connectivity index (χ1n) is 6.46. The van der Waals surface area contributed by atoms with Crippen LogP contribution >= 0.6 is 0 Å². The van der Waals surface area contributed by atoms with E-state index in [0.29, 0.717) is 6.61 Å². The maximum atomic E-state index is 9.41. The van der Waals surface area contributed by atoms with E-state index in [0.717, 1.165) is 44.5 Å². The van der Waals surface area contributed by atoms with Crippen molar-refractivity contribution in [3.8, 4) is 0 Å². The highest BCUT2D eigenvalue weighted by molar-refractivity contribution is 4.82. The molecule has 1 aromatic heterocycles. The van der Waals surface area contributed by atoms with Crippen LogP contribution in [0.1, 0.15) is 44.9 Å². The van der Waals surface area contributed by atoms with Gasteiger partial charge in [0.2, 0.25) is 0 Å². The number of aliphatic hydroxyl groups is 1. The topological polar surface area (TPSA) is 60.2 Å². The smallest absolute Gasteiger partial charge is 0.152 e. The van der Waals surface area contributed by atoms with E-state index in [1.54, 1.807) is 6.33 Å². The minimum atomic E-state index is -0.126. The quantitative estimate of drug-likeness (QED) is 0.846. The first-order chi connectivity index (χ1) is 8.29. The van der Waals surface area contributed by atoms with E-state index in [9.17, 15) is 5.11 Å². The number of aryl methyl sites for hydroxylation is 1. The van der Waals surface area contributed by atoms with Crippen LogP contribution in [0, 0.1) is 0 Å². The Morgan fingerprint density at radius 2 is 2.18 bits per heavy atom. The minimum Gasteiger partial charge on any atom is -0.393 e. The molecule has 1 fully saturated rings. The summed E-state index contributed by atoms with van der Waals surface area (Å²) in [6, 6.07) is 0. The fraction of sp³-hybridized carbons (Fsp3) is 0.833. The summed E-state index contributed by atoms with van der Waals surface area (Å²) >= 11 is 0. The second kappa shape index (κ2) is 6.12. The Morgan fingerprint density at radius 3 is 2.88 bits per heavy atom. The number of hydrogen-bond donors (Lipinski definition) is 1. The van der Waals surface area contributed by atoms with Crippen molar-refractivity contribution in [2.45, 2.75) is 64.4 Å². The molecule has 1 aromatic rings. The molecule has 1 aliphatic rings. The van der Waals surface area contributed by atoms with E-state index >= 15 is 0 Å². The second-order valence-electron chi connectivity index (χ2n) is 4.64. The van der Waals surface area contributed by atoms with Gasteiger partial charge in [-0.2, -0.15) is 5.10 Å². The van der Waals surface area contributed by atoms with Gasteiger partial charge in [0, 0.05) is 6.54 Å². The molecule has 1 heterocycles. The van der Waals surface area contributed by atoms with Crippen molar-refractivity contribution >= 4 is 0 Å². The van der Waals surface area contributed by atoms with Crippen LogP contribution in [-0.2, 0) is 17.9 Å². The van der Waals surface area contributed by atoms with Gasteiger partial charge >= 0.3 is 0 Å². The summed E-state index contributed by atoms with van der Waals surface area (Å²) in [6.45, 7) is 3.54. The molecule has 0 bridgehead atoms. The predicted octanol–water partition coefficient (Wildman–Crippen LogP) is 1.51. The van der Waals surface area contributed by atoms with Gasteiger partial charge in [-0.25, -0.2) is 9.67 Å². The largest absolute Gasteiger partial charge is 0.393 e. The van der Waals surface area contributed by atoms with E-state index in [-0.39, 0.29) is 12.2 Å². The molecule has 0 aliphatic heterocycles. The van der Waals surface area contributed by atoms with Crippen LogP contribution in [0.4, 0.5) is 0 Å². The van der Waals surface area contributed by atoms with Crippen molar-refractivity contribution in [2.75, 3.05) is 0 Å².